The molecule has 3 aromatic rings. The highest BCUT2D eigenvalue weighted by molar-refractivity contribution is 7.46. The lowest BCUT2D eigenvalue weighted by Gasteiger charge is -2.30. The van der Waals surface area contributed by atoms with Crippen molar-refractivity contribution in [2.75, 3.05) is 6.73 Å². The van der Waals surface area contributed by atoms with Gasteiger partial charge in [0.05, 0.1) is 5.69 Å². The van der Waals surface area contributed by atoms with Crippen molar-refractivity contribution >= 4 is 25.0 Å². The lowest BCUT2D eigenvalue weighted by molar-refractivity contribution is 0.110. The summed E-state index contributed by atoms with van der Waals surface area (Å²) in [7, 11) is -4.64. The molecule has 0 amide bonds. The largest absolute Gasteiger partial charge is 0.473 e. The Hall–Kier alpha value is -3.05. The van der Waals surface area contributed by atoms with E-state index in [-0.39, 0.29) is 6.61 Å². The van der Waals surface area contributed by atoms with Gasteiger partial charge in [0.1, 0.15) is 25.3 Å². The topological polar surface area (TPSA) is 144 Å². The third-order valence-corrected chi connectivity index (χ3v) is 5.61. The number of aromatic nitrogens is 2. The average molecular weight is 523 g/mol. The summed E-state index contributed by atoms with van der Waals surface area (Å²) in [4.78, 5) is 23.5. The van der Waals surface area contributed by atoms with Gasteiger partial charge in [-0.1, -0.05) is 28.9 Å². The molecule has 13 heteroatoms. The monoisotopic (exact) mass is 522 g/mol. The Labute approximate surface area is 204 Å². The molecule has 35 heavy (non-hydrogen) atoms. The molecule has 0 aliphatic carbocycles. The van der Waals surface area contributed by atoms with E-state index in [0.29, 0.717) is 39.9 Å². The zero-order chi connectivity index (χ0) is 25.0. The molecule has 1 unspecified atom stereocenters. The van der Waals surface area contributed by atoms with Crippen LogP contribution in [-0.2, 0) is 22.1 Å². The summed E-state index contributed by atoms with van der Waals surface area (Å²) in [5, 5.41) is 4.36. The van der Waals surface area contributed by atoms with Crippen LogP contribution in [0.15, 0.2) is 65.5 Å². The summed E-state index contributed by atoms with van der Waals surface area (Å²) in [6, 6.07) is 9.43. The van der Waals surface area contributed by atoms with Crippen LogP contribution in [0.3, 0.4) is 0 Å². The van der Waals surface area contributed by atoms with Crippen molar-refractivity contribution in [2.24, 2.45) is 5.73 Å². The first-order valence-electron chi connectivity index (χ1n) is 10.2. The maximum Gasteiger partial charge on any atom is 0.471 e. The molecule has 3 heterocycles. The molecule has 1 aliphatic heterocycles. The van der Waals surface area contributed by atoms with E-state index < -0.39 is 26.5 Å². The molecule has 1 atom stereocenters. The standard InChI is InChI=1S/C22H21ClFN4O6P/c23-16-6-15(7-17(24)9-16)12-32-21-4-3-14(11-26-21)8-18-10-20(34-27-18)19-2-1-5-28(22(19)25)13-33-35(29,30)31/h1-7,9-11,22H,8,12-13,25H2,(H2,29,30,31). The van der Waals surface area contributed by atoms with E-state index in [1.807, 2.05) is 6.07 Å². The average Bonchev–Trinajstić information content (AvgIpc) is 3.25. The molecular weight excluding hydrogens is 502 g/mol. The summed E-state index contributed by atoms with van der Waals surface area (Å²) in [6.45, 7) is -0.275. The van der Waals surface area contributed by atoms with E-state index in [1.165, 1.54) is 17.0 Å². The second-order valence-electron chi connectivity index (χ2n) is 7.60. The van der Waals surface area contributed by atoms with Gasteiger partial charge in [-0.3, -0.25) is 4.52 Å². The highest BCUT2D eigenvalue weighted by Gasteiger charge is 2.25. The minimum absolute atomic E-state index is 0.122. The van der Waals surface area contributed by atoms with Crippen molar-refractivity contribution < 1.29 is 32.5 Å². The first-order valence-corrected chi connectivity index (χ1v) is 12.2. The number of allylic oxidation sites excluding steroid dienone is 2. The molecule has 184 valence electrons. The molecule has 0 fully saturated rings. The SMILES string of the molecule is NC1C(c2cc(Cc3ccc(OCc4cc(F)cc(Cl)c4)nc3)no2)=CC=CN1COP(=O)(O)O. The van der Waals surface area contributed by atoms with E-state index in [4.69, 9.17) is 36.4 Å². The van der Waals surface area contributed by atoms with E-state index in [0.717, 1.165) is 5.56 Å². The number of hydrogen-bond acceptors (Lipinski definition) is 8. The van der Waals surface area contributed by atoms with Crippen molar-refractivity contribution in [3.05, 3.63) is 94.4 Å². The van der Waals surface area contributed by atoms with Gasteiger partial charge in [0.2, 0.25) is 5.88 Å². The van der Waals surface area contributed by atoms with Gasteiger partial charge in [-0.05, 0) is 35.4 Å². The third-order valence-electron chi connectivity index (χ3n) is 4.94. The number of pyridine rings is 1. The third kappa shape index (κ3) is 6.98. The van der Waals surface area contributed by atoms with Crippen LogP contribution in [0.5, 0.6) is 5.88 Å². The summed E-state index contributed by atoms with van der Waals surface area (Å²) in [5.41, 5.74) is 8.83. The van der Waals surface area contributed by atoms with E-state index in [9.17, 15) is 8.96 Å². The number of nitrogens with zero attached hydrogens (tertiary/aromatic N) is 3. The predicted molar refractivity (Wildman–Crippen MR) is 124 cm³/mol. The summed E-state index contributed by atoms with van der Waals surface area (Å²) in [5.74, 6) is 0.354. The molecule has 0 radical (unpaired) electrons. The maximum atomic E-state index is 13.4. The summed E-state index contributed by atoms with van der Waals surface area (Å²) >= 11 is 5.85. The number of benzene rings is 1. The van der Waals surface area contributed by atoms with E-state index in [2.05, 4.69) is 14.7 Å². The zero-order valence-corrected chi connectivity index (χ0v) is 19.8. The Morgan fingerprint density at radius 1 is 1.23 bits per heavy atom. The van der Waals surface area contributed by atoms with Crippen molar-refractivity contribution in [1.82, 2.24) is 15.0 Å². The molecular formula is C22H21ClFN4O6P. The Morgan fingerprint density at radius 3 is 2.77 bits per heavy atom. The Bertz CT molecular complexity index is 1270. The van der Waals surface area contributed by atoms with Gasteiger partial charge in [-0.25, -0.2) is 13.9 Å². The van der Waals surface area contributed by atoms with Crippen LogP contribution in [0.2, 0.25) is 5.02 Å². The molecule has 0 spiro atoms. The quantitative estimate of drug-likeness (QED) is 0.356. The number of phosphoric ester groups is 1. The second-order valence-corrected chi connectivity index (χ2v) is 9.28. The molecule has 4 N–H and O–H groups in total. The zero-order valence-electron chi connectivity index (χ0n) is 18.1. The molecule has 4 rings (SSSR count). The lowest BCUT2D eigenvalue weighted by Crippen LogP contribution is -2.41. The number of hydrogen-bond donors (Lipinski definition) is 3. The van der Waals surface area contributed by atoms with Crippen molar-refractivity contribution in [1.29, 1.82) is 0 Å². The minimum Gasteiger partial charge on any atom is -0.473 e. The second kappa shape index (κ2) is 10.7. The summed E-state index contributed by atoms with van der Waals surface area (Å²) in [6.07, 6.45) is 6.25. The number of nitrogens with two attached hydrogens (primary N) is 1. The molecule has 1 aromatic carbocycles. The van der Waals surface area contributed by atoms with Crippen LogP contribution in [0, 0.1) is 5.82 Å². The van der Waals surface area contributed by atoms with E-state index >= 15 is 0 Å². The van der Waals surface area contributed by atoms with Crippen molar-refractivity contribution in [3.63, 3.8) is 0 Å². The fourth-order valence-corrected chi connectivity index (χ4v) is 3.84. The lowest BCUT2D eigenvalue weighted by atomic mass is 10.1. The molecule has 0 saturated carbocycles. The van der Waals surface area contributed by atoms with Crippen LogP contribution in [0.4, 0.5) is 4.39 Å². The maximum absolute atomic E-state index is 13.4. The molecule has 0 saturated heterocycles. The first-order chi connectivity index (χ1) is 16.7. The normalized spacial score (nSPS) is 15.9. The van der Waals surface area contributed by atoms with Gasteiger partial charge in [0.25, 0.3) is 0 Å². The van der Waals surface area contributed by atoms with Crippen LogP contribution >= 0.6 is 19.4 Å². The van der Waals surface area contributed by atoms with Crippen LogP contribution in [-0.4, -0.2) is 37.7 Å². The van der Waals surface area contributed by atoms with Crippen molar-refractivity contribution in [2.45, 2.75) is 19.2 Å². The van der Waals surface area contributed by atoms with E-state index in [1.54, 1.807) is 42.7 Å². The smallest absolute Gasteiger partial charge is 0.471 e. The highest BCUT2D eigenvalue weighted by atomic mass is 35.5. The molecule has 0 bridgehead atoms. The Kier molecular flexibility index (Phi) is 7.66. The summed E-state index contributed by atoms with van der Waals surface area (Å²) < 4.78 is 39.9. The highest BCUT2D eigenvalue weighted by Crippen LogP contribution is 2.36. The van der Waals surface area contributed by atoms with Gasteiger partial charge < -0.3 is 29.7 Å². The van der Waals surface area contributed by atoms with Crippen LogP contribution < -0.4 is 10.5 Å². The predicted octanol–water partition coefficient (Wildman–Crippen LogP) is 3.60. The molecule has 2 aromatic heterocycles. The number of ether oxygens (including phenoxy) is 1. The Balaban J connectivity index is 1.35. The van der Waals surface area contributed by atoms with Crippen LogP contribution in [0.25, 0.3) is 5.57 Å². The first kappa shape index (κ1) is 25.1. The minimum atomic E-state index is -4.64. The molecule has 1 aliphatic rings. The number of rotatable bonds is 9. The number of halogens is 2. The fraction of sp³-hybridized carbons (Fsp3) is 0.182. The van der Waals surface area contributed by atoms with Gasteiger partial charge in [-0.2, -0.15) is 0 Å². The van der Waals surface area contributed by atoms with Gasteiger partial charge in [-0.15, -0.1) is 0 Å². The van der Waals surface area contributed by atoms with Gasteiger partial charge in [0.15, 0.2) is 5.76 Å². The number of phosphoric acid groups is 1. The Morgan fingerprint density at radius 2 is 2.06 bits per heavy atom. The fourth-order valence-electron chi connectivity index (χ4n) is 3.31. The van der Waals surface area contributed by atoms with Crippen molar-refractivity contribution in [3.8, 4) is 5.88 Å². The van der Waals surface area contributed by atoms with Gasteiger partial charge in [0, 0.05) is 41.5 Å². The van der Waals surface area contributed by atoms with Gasteiger partial charge >= 0.3 is 7.82 Å². The molecule has 10 nitrogen and oxygen atoms in total. The van der Waals surface area contributed by atoms with Crippen LogP contribution in [0.1, 0.15) is 22.6 Å².